The minimum Gasteiger partial charge on any atom is -0.497 e. The van der Waals surface area contributed by atoms with E-state index in [9.17, 15) is 9.18 Å². The van der Waals surface area contributed by atoms with Crippen molar-refractivity contribution in [2.24, 2.45) is 0 Å². The summed E-state index contributed by atoms with van der Waals surface area (Å²) >= 11 is 0. The average Bonchev–Trinajstić information content (AvgIpc) is 3.28. The zero-order valence-electron chi connectivity index (χ0n) is 14.8. The number of alkyl halides is 1. The molecule has 27 heavy (non-hydrogen) atoms. The molecule has 0 bridgehead atoms. The van der Waals surface area contributed by atoms with Crippen LogP contribution in [-0.2, 0) is 11.3 Å². The third kappa shape index (κ3) is 3.61. The van der Waals surface area contributed by atoms with Gasteiger partial charge in [0.25, 0.3) is 5.91 Å². The number of hydrogen-bond acceptors (Lipinski definition) is 5. The van der Waals surface area contributed by atoms with Crippen LogP contribution in [0.5, 0.6) is 5.75 Å². The lowest BCUT2D eigenvalue weighted by Gasteiger charge is -2.15. The SMILES string of the molecule is COc1ccc2nc(CO[C@H]3CN(C(=O)c4ccncc4)C[C@H]3F)[nH]c2c1. The second-order valence-corrected chi connectivity index (χ2v) is 6.38. The Balaban J connectivity index is 1.39. The van der Waals surface area contributed by atoms with Gasteiger partial charge in [-0.15, -0.1) is 0 Å². The molecule has 1 fully saturated rings. The Hall–Kier alpha value is -3.00. The van der Waals surface area contributed by atoms with Gasteiger partial charge in [0.05, 0.1) is 31.2 Å². The lowest BCUT2D eigenvalue weighted by Crippen LogP contribution is -2.30. The minimum absolute atomic E-state index is 0.0170. The van der Waals surface area contributed by atoms with Crippen LogP contribution >= 0.6 is 0 Å². The second-order valence-electron chi connectivity index (χ2n) is 6.38. The van der Waals surface area contributed by atoms with Gasteiger partial charge in [0.15, 0.2) is 0 Å². The number of ether oxygens (including phenoxy) is 2. The number of benzene rings is 1. The van der Waals surface area contributed by atoms with Crippen molar-refractivity contribution in [1.82, 2.24) is 19.9 Å². The number of pyridine rings is 1. The topological polar surface area (TPSA) is 80.3 Å². The monoisotopic (exact) mass is 370 g/mol. The van der Waals surface area contributed by atoms with Gasteiger partial charge >= 0.3 is 0 Å². The van der Waals surface area contributed by atoms with Crippen molar-refractivity contribution in [3.63, 3.8) is 0 Å². The first-order valence-electron chi connectivity index (χ1n) is 8.61. The van der Waals surface area contributed by atoms with Crippen LogP contribution in [0.1, 0.15) is 16.2 Å². The molecule has 4 rings (SSSR count). The molecular formula is C19H19FN4O3. The molecule has 2 aromatic heterocycles. The number of halogens is 1. The third-order valence-corrected chi connectivity index (χ3v) is 4.59. The van der Waals surface area contributed by atoms with Gasteiger partial charge in [0.1, 0.15) is 30.5 Å². The van der Waals surface area contributed by atoms with Crippen molar-refractivity contribution in [3.05, 3.63) is 54.1 Å². The molecule has 3 heterocycles. The number of aromatic amines is 1. The van der Waals surface area contributed by atoms with Crippen LogP contribution in [-0.4, -0.2) is 58.2 Å². The summed E-state index contributed by atoms with van der Waals surface area (Å²) in [4.78, 5) is 25.4. The zero-order chi connectivity index (χ0) is 18.8. The number of nitrogens with zero attached hydrogens (tertiary/aromatic N) is 3. The fraction of sp³-hybridized carbons (Fsp3) is 0.316. The number of carbonyl (C=O) groups is 1. The smallest absolute Gasteiger partial charge is 0.254 e. The zero-order valence-corrected chi connectivity index (χ0v) is 14.8. The molecule has 1 N–H and O–H groups in total. The van der Waals surface area contributed by atoms with E-state index in [-0.39, 0.29) is 25.6 Å². The Morgan fingerprint density at radius 1 is 1.30 bits per heavy atom. The van der Waals surface area contributed by atoms with E-state index in [2.05, 4.69) is 15.0 Å². The number of carbonyl (C=O) groups excluding carboxylic acids is 1. The molecule has 0 unspecified atom stereocenters. The van der Waals surface area contributed by atoms with Crippen LogP contribution in [0, 0.1) is 0 Å². The fourth-order valence-electron chi connectivity index (χ4n) is 3.16. The van der Waals surface area contributed by atoms with Gasteiger partial charge in [0, 0.05) is 24.0 Å². The lowest BCUT2D eigenvalue weighted by atomic mass is 10.2. The molecule has 0 spiro atoms. The predicted molar refractivity (Wildman–Crippen MR) is 96.3 cm³/mol. The van der Waals surface area contributed by atoms with Gasteiger partial charge in [-0.25, -0.2) is 9.37 Å². The Bertz CT molecular complexity index is 947. The van der Waals surface area contributed by atoms with Crippen LogP contribution in [0.3, 0.4) is 0 Å². The second kappa shape index (κ2) is 7.32. The van der Waals surface area contributed by atoms with E-state index in [0.29, 0.717) is 11.4 Å². The van der Waals surface area contributed by atoms with Crippen LogP contribution in [0.2, 0.25) is 0 Å². The van der Waals surface area contributed by atoms with Crippen molar-refractivity contribution in [2.75, 3.05) is 20.2 Å². The van der Waals surface area contributed by atoms with Crippen molar-refractivity contribution in [3.8, 4) is 5.75 Å². The third-order valence-electron chi connectivity index (χ3n) is 4.59. The standard InChI is InChI=1S/C19H19FN4O3/c1-26-13-2-3-15-16(8-13)23-18(22-15)11-27-17-10-24(9-14(17)20)19(25)12-4-6-21-7-5-12/h2-8,14,17H,9-11H2,1H3,(H,22,23)/t14-,17+/m1/s1. The van der Waals surface area contributed by atoms with Crippen LogP contribution < -0.4 is 4.74 Å². The van der Waals surface area contributed by atoms with Gasteiger partial charge in [-0.3, -0.25) is 9.78 Å². The van der Waals surface area contributed by atoms with Crippen molar-refractivity contribution in [1.29, 1.82) is 0 Å². The molecule has 8 heteroatoms. The maximum atomic E-state index is 14.3. The number of imidazole rings is 1. The van der Waals surface area contributed by atoms with Crippen LogP contribution in [0.25, 0.3) is 11.0 Å². The summed E-state index contributed by atoms with van der Waals surface area (Å²) in [6, 6.07) is 8.75. The number of fused-ring (bicyclic) bond motifs is 1. The number of amides is 1. The van der Waals surface area contributed by atoms with Crippen molar-refractivity contribution in [2.45, 2.75) is 18.9 Å². The Morgan fingerprint density at radius 2 is 2.11 bits per heavy atom. The minimum atomic E-state index is -1.24. The van der Waals surface area contributed by atoms with E-state index in [1.807, 2.05) is 18.2 Å². The highest BCUT2D eigenvalue weighted by molar-refractivity contribution is 5.94. The summed E-state index contributed by atoms with van der Waals surface area (Å²) < 4.78 is 25.2. The van der Waals surface area contributed by atoms with Crippen LogP contribution in [0.4, 0.5) is 4.39 Å². The molecule has 2 atom stereocenters. The first-order valence-corrected chi connectivity index (χ1v) is 8.61. The number of rotatable bonds is 5. The molecule has 1 aromatic carbocycles. The van der Waals surface area contributed by atoms with Gasteiger partial charge < -0.3 is 19.4 Å². The Labute approximate surface area is 155 Å². The van der Waals surface area contributed by atoms with Gasteiger partial charge in [-0.2, -0.15) is 0 Å². The van der Waals surface area contributed by atoms with E-state index >= 15 is 0 Å². The van der Waals surface area contributed by atoms with Crippen molar-refractivity contribution < 1.29 is 18.7 Å². The number of aromatic nitrogens is 3. The normalized spacial score (nSPS) is 19.6. The molecule has 3 aromatic rings. The maximum Gasteiger partial charge on any atom is 0.254 e. The molecular weight excluding hydrogens is 351 g/mol. The van der Waals surface area contributed by atoms with E-state index in [0.717, 1.165) is 16.8 Å². The summed E-state index contributed by atoms with van der Waals surface area (Å²) in [5.41, 5.74) is 2.10. The highest BCUT2D eigenvalue weighted by Gasteiger charge is 2.36. The summed E-state index contributed by atoms with van der Waals surface area (Å²) in [6.45, 7) is 0.360. The van der Waals surface area contributed by atoms with Crippen molar-refractivity contribution >= 4 is 16.9 Å². The molecule has 0 aliphatic carbocycles. The van der Waals surface area contributed by atoms with E-state index in [1.54, 1.807) is 31.6 Å². The fourth-order valence-corrected chi connectivity index (χ4v) is 3.16. The highest BCUT2D eigenvalue weighted by Crippen LogP contribution is 2.22. The molecule has 140 valence electrons. The summed E-state index contributed by atoms with van der Waals surface area (Å²) in [5.74, 6) is 1.11. The molecule has 7 nitrogen and oxygen atoms in total. The number of methoxy groups -OCH3 is 1. The van der Waals surface area contributed by atoms with E-state index < -0.39 is 12.3 Å². The number of hydrogen-bond donors (Lipinski definition) is 1. The molecule has 0 saturated carbocycles. The van der Waals surface area contributed by atoms with E-state index in [1.165, 1.54) is 4.90 Å². The first kappa shape index (κ1) is 17.4. The van der Waals surface area contributed by atoms with Crippen LogP contribution in [0.15, 0.2) is 42.7 Å². The van der Waals surface area contributed by atoms with Gasteiger partial charge in [-0.1, -0.05) is 0 Å². The van der Waals surface area contributed by atoms with E-state index in [4.69, 9.17) is 9.47 Å². The molecule has 1 saturated heterocycles. The number of nitrogens with one attached hydrogen (secondary N) is 1. The summed E-state index contributed by atoms with van der Waals surface area (Å²) in [5, 5.41) is 0. The first-order chi connectivity index (χ1) is 13.1. The Kier molecular flexibility index (Phi) is 4.72. The number of likely N-dealkylation sites (tertiary alicyclic amines) is 1. The average molecular weight is 370 g/mol. The molecule has 1 aliphatic rings. The maximum absolute atomic E-state index is 14.3. The van der Waals surface area contributed by atoms with Gasteiger partial charge in [-0.05, 0) is 24.3 Å². The quantitative estimate of drug-likeness (QED) is 0.746. The largest absolute Gasteiger partial charge is 0.497 e. The molecule has 1 amide bonds. The molecule has 0 radical (unpaired) electrons. The van der Waals surface area contributed by atoms with Gasteiger partial charge in [0.2, 0.25) is 0 Å². The summed E-state index contributed by atoms with van der Waals surface area (Å²) in [7, 11) is 1.60. The molecule has 1 aliphatic heterocycles. The summed E-state index contributed by atoms with van der Waals surface area (Å²) in [6.07, 6.45) is 1.17. The predicted octanol–water partition coefficient (Wildman–Crippen LogP) is 2.35. The lowest BCUT2D eigenvalue weighted by molar-refractivity contribution is 0.00887. The Morgan fingerprint density at radius 3 is 2.89 bits per heavy atom. The number of H-pyrrole nitrogens is 1. The highest BCUT2D eigenvalue weighted by atomic mass is 19.1.